The highest BCUT2D eigenvalue weighted by molar-refractivity contribution is 14.0. The molecule has 0 aliphatic carbocycles. The Morgan fingerprint density at radius 3 is 2.57 bits per heavy atom. The van der Waals surface area contributed by atoms with E-state index < -0.39 is 0 Å². The zero-order valence-corrected chi connectivity index (χ0v) is 20.7. The highest BCUT2D eigenvalue weighted by atomic mass is 127. The number of carbonyl (C=O) groups excluding carboxylic acids is 1. The van der Waals surface area contributed by atoms with Crippen LogP contribution in [0.3, 0.4) is 0 Å². The molecule has 0 radical (unpaired) electrons. The van der Waals surface area contributed by atoms with Gasteiger partial charge in [-0.15, -0.1) is 24.0 Å². The Hall–Kier alpha value is -2.10. The van der Waals surface area contributed by atoms with Gasteiger partial charge in [-0.3, -0.25) is 4.79 Å². The lowest BCUT2D eigenvalue weighted by molar-refractivity contribution is 0.0953. The number of halogens is 1. The van der Waals surface area contributed by atoms with Crippen molar-refractivity contribution in [3.05, 3.63) is 52.4 Å². The lowest BCUT2D eigenvalue weighted by Gasteiger charge is -2.12. The number of aromatic nitrogens is 1. The maximum absolute atomic E-state index is 12.2. The molecule has 0 saturated heterocycles. The monoisotopic (exact) mass is 527 g/mol. The normalized spacial score (nSPS) is 11.0. The molecule has 0 fully saturated rings. The van der Waals surface area contributed by atoms with Crippen LogP contribution in [0.4, 0.5) is 0 Å². The van der Waals surface area contributed by atoms with Gasteiger partial charge >= 0.3 is 0 Å². The number of rotatable bonds is 10. The fourth-order valence-corrected chi connectivity index (χ4v) is 2.97. The first-order chi connectivity index (χ1) is 14.1. The van der Waals surface area contributed by atoms with Crippen LogP contribution in [0.15, 0.2) is 33.8 Å². The molecule has 1 aromatic heterocycles. The maximum atomic E-state index is 12.2. The van der Waals surface area contributed by atoms with Crippen molar-refractivity contribution in [3.63, 3.8) is 0 Å². The first-order valence-corrected chi connectivity index (χ1v) is 10.5. The van der Waals surface area contributed by atoms with Crippen molar-refractivity contribution in [1.82, 2.24) is 21.1 Å². The highest BCUT2D eigenvalue weighted by Crippen LogP contribution is 2.15. The molecule has 2 aromatic rings. The largest absolute Gasteiger partial charge is 0.361 e. The summed E-state index contributed by atoms with van der Waals surface area (Å²) in [5.74, 6) is 1.59. The Morgan fingerprint density at radius 1 is 1.10 bits per heavy atom. The van der Waals surface area contributed by atoms with Gasteiger partial charge in [-0.1, -0.05) is 38.1 Å². The second kappa shape index (κ2) is 14.0. The summed E-state index contributed by atoms with van der Waals surface area (Å²) >= 11 is 0. The molecule has 166 valence electrons. The third-order valence-electron chi connectivity index (χ3n) is 4.53. The minimum absolute atomic E-state index is 0. The van der Waals surface area contributed by atoms with Crippen LogP contribution in [0, 0.1) is 0 Å². The molecule has 1 aromatic carbocycles. The van der Waals surface area contributed by atoms with E-state index in [1.807, 2.05) is 38.1 Å². The smallest absolute Gasteiger partial charge is 0.251 e. The number of aryl methyl sites for hydroxylation is 2. The average Bonchev–Trinajstić information content (AvgIpc) is 3.16. The predicted octanol–water partition coefficient (Wildman–Crippen LogP) is 3.81. The van der Waals surface area contributed by atoms with Gasteiger partial charge in [0.2, 0.25) is 0 Å². The SMILES string of the molecule is CCCNC(=O)c1cccc(CN=C(NCC)NCc2c(CC)noc2CC)c1.I. The quantitative estimate of drug-likeness (QED) is 0.248. The molecule has 0 atom stereocenters. The molecule has 3 N–H and O–H groups in total. The first-order valence-electron chi connectivity index (χ1n) is 10.5. The molecule has 0 saturated carbocycles. The second-order valence-corrected chi connectivity index (χ2v) is 6.74. The van der Waals surface area contributed by atoms with Crippen molar-refractivity contribution in [2.24, 2.45) is 4.99 Å². The summed E-state index contributed by atoms with van der Waals surface area (Å²) in [5, 5.41) is 13.7. The number of hydrogen-bond donors (Lipinski definition) is 3. The molecule has 0 unspecified atom stereocenters. The third kappa shape index (κ3) is 7.62. The third-order valence-corrected chi connectivity index (χ3v) is 4.53. The van der Waals surface area contributed by atoms with Crippen LogP contribution in [0.1, 0.15) is 67.1 Å². The van der Waals surface area contributed by atoms with Crippen LogP contribution >= 0.6 is 24.0 Å². The molecular formula is C22H34IN5O2. The van der Waals surface area contributed by atoms with E-state index in [0.29, 0.717) is 25.2 Å². The van der Waals surface area contributed by atoms with Gasteiger partial charge in [-0.25, -0.2) is 4.99 Å². The number of aliphatic imine (C=N–C) groups is 1. The lowest BCUT2D eigenvalue weighted by Crippen LogP contribution is -2.37. The van der Waals surface area contributed by atoms with E-state index in [-0.39, 0.29) is 29.9 Å². The van der Waals surface area contributed by atoms with Crippen LogP contribution in [-0.4, -0.2) is 30.1 Å². The fraction of sp³-hybridized carbons (Fsp3) is 0.500. The molecule has 0 spiro atoms. The van der Waals surface area contributed by atoms with Crippen LogP contribution in [0.2, 0.25) is 0 Å². The maximum Gasteiger partial charge on any atom is 0.251 e. The van der Waals surface area contributed by atoms with Gasteiger partial charge in [-0.2, -0.15) is 0 Å². The Kier molecular flexibility index (Phi) is 12.1. The molecule has 1 amide bonds. The number of carbonyl (C=O) groups is 1. The average molecular weight is 527 g/mol. The van der Waals surface area contributed by atoms with Crippen LogP contribution in [0.5, 0.6) is 0 Å². The van der Waals surface area contributed by atoms with E-state index >= 15 is 0 Å². The Balaban J connectivity index is 0.00000450. The minimum Gasteiger partial charge on any atom is -0.361 e. The molecule has 30 heavy (non-hydrogen) atoms. The number of amides is 1. The molecule has 2 rings (SSSR count). The fourth-order valence-electron chi connectivity index (χ4n) is 2.97. The van der Waals surface area contributed by atoms with E-state index in [9.17, 15) is 4.79 Å². The summed E-state index contributed by atoms with van der Waals surface area (Å²) in [6, 6.07) is 7.59. The number of nitrogens with one attached hydrogen (secondary N) is 3. The van der Waals surface area contributed by atoms with Crippen molar-refractivity contribution in [2.75, 3.05) is 13.1 Å². The van der Waals surface area contributed by atoms with Crippen molar-refractivity contribution in [1.29, 1.82) is 0 Å². The van der Waals surface area contributed by atoms with Crippen LogP contribution in [0.25, 0.3) is 0 Å². The zero-order valence-electron chi connectivity index (χ0n) is 18.4. The van der Waals surface area contributed by atoms with E-state index in [4.69, 9.17) is 4.52 Å². The van der Waals surface area contributed by atoms with Gasteiger partial charge in [0.15, 0.2) is 5.96 Å². The molecule has 0 aliphatic rings. The Bertz CT molecular complexity index is 798. The van der Waals surface area contributed by atoms with Gasteiger partial charge in [-0.05, 0) is 37.5 Å². The molecule has 8 heteroatoms. The van der Waals surface area contributed by atoms with E-state index in [1.54, 1.807) is 0 Å². The lowest BCUT2D eigenvalue weighted by atomic mass is 10.1. The minimum atomic E-state index is -0.0469. The van der Waals surface area contributed by atoms with Crippen molar-refractivity contribution >= 4 is 35.8 Å². The first kappa shape index (κ1) is 25.9. The van der Waals surface area contributed by atoms with Crippen molar-refractivity contribution in [3.8, 4) is 0 Å². The van der Waals surface area contributed by atoms with Gasteiger partial charge in [0.25, 0.3) is 5.91 Å². The van der Waals surface area contributed by atoms with Crippen molar-refractivity contribution < 1.29 is 9.32 Å². The van der Waals surface area contributed by atoms with Crippen LogP contribution < -0.4 is 16.0 Å². The van der Waals surface area contributed by atoms with E-state index in [1.165, 1.54) is 0 Å². The van der Waals surface area contributed by atoms with Crippen molar-refractivity contribution in [2.45, 2.75) is 60.0 Å². The van der Waals surface area contributed by atoms with Gasteiger partial charge in [0.05, 0.1) is 12.2 Å². The summed E-state index contributed by atoms with van der Waals surface area (Å²) in [6.07, 6.45) is 2.56. The number of guanidine groups is 1. The van der Waals surface area contributed by atoms with Gasteiger partial charge in [0, 0.05) is 37.2 Å². The summed E-state index contributed by atoms with van der Waals surface area (Å²) in [5.41, 5.74) is 3.74. The number of hydrogen-bond acceptors (Lipinski definition) is 4. The molecule has 1 heterocycles. The summed E-state index contributed by atoms with van der Waals surface area (Å²) in [4.78, 5) is 16.8. The second-order valence-electron chi connectivity index (χ2n) is 6.74. The summed E-state index contributed by atoms with van der Waals surface area (Å²) in [6.45, 7) is 10.7. The number of nitrogens with zero attached hydrogens (tertiary/aromatic N) is 2. The zero-order chi connectivity index (χ0) is 21.1. The molecular weight excluding hydrogens is 493 g/mol. The topological polar surface area (TPSA) is 91.5 Å². The van der Waals surface area contributed by atoms with Gasteiger partial charge in [0.1, 0.15) is 5.76 Å². The van der Waals surface area contributed by atoms with E-state index in [2.05, 4.69) is 39.9 Å². The predicted molar refractivity (Wildman–Crippen MR) is 131 cm³/mol. The Morgan fingerprint density at radius 2 is 1.90 bits per heavy atom. The standard InChI is InChI=1S/C22H33N5O2.HI/c1-5-12-24-21(28)17-11-9-10-16(13-17)14-25-22(23-8-4)26-15-18-19(6-2)27-29-20(18)7-3;/h9-11,13H,5-8,12,14-15H2,1-4H3,(H,24,28)(H2,23,25,26);1H. The Labute approximate surface area is 196 Å². The van der Waals surface area contributed by atoms with Gasteiger partial charge < -0.3 is 20.5 Å². The summed E-state index contributed by atoms with van der Waals surface area (Å²) in [7, 11) is 0. The summed E-state index contributed by atoms with van der Waals surface area (Å²) < 4.78 is 5.43. The van der Waals surface area contributed by atoms with E-state index in [0.717, 1.165) is 54.3 Å². The molecule has 0 aliphatic heterocycles. The number of benzene rings is 1. The highest BCUT2D eigenvalue weighted by Gasteiger charge is 2.13. The molecule has 0 bridgehead atoms. The molecule has 7 nitrogen and oxygen atoms in total. The van der Waals surface area contributed by atoms with Crippen LogP contribution in [-0.2, 0) is 25.9 Å².